The molecule has 0 aromatic heterocycles. The number of hydrogen-bond donors (Lipinski definition) is 0. The second-order valence-electron chi connectivity index (χ2n) is 4.31. The maximum Gasteiger partial charge on any atom is 0.334 e. The number of hydrogen-bond acceptors (Lipinski definition) is 7. The van der Waals surface area contributed by atoms with E-state index in [1.807, 2.05) is 0 Å². The summed E-state index contributed by atoms with van der Waals surface area (Å²) < 4.78 is 18.0. The molecule has 0 heterocycles. The summed E-state index contributed by atoms with van der Waals surface area (Å²) >= 11 is 3.13. The highest BCUT2D eigenvalue weighted by atomic mass is 79.9. The number of alkyl halides is 1. The molecule has 22 heavy (non-hydrogen) atoms. The standard InChI is InChI=1S/C14H23BrO7/c1-5-20-11(16)8-10(9-19-4)14(15,12(17)21-6-2)13(18)22-7-3/h10H,5-9H2,1-4H3/t10-/m0/s1. The van der Waals surface area contributed by atoms with E-state index in [2.05, 4.69) is 15.9 Å². The Morgan fingerprint density at radius 2 is 1.41 bits per heavy atom. The van der Waals surface area contributed by atoms with Crippen LogP contribution in [0.1, 0.15) is 27.2 Å². The first-order valence-electron chi connectivity index (χ1n) is 7.06. The number of carbonyl (C=O) groups excluding carboxylic acids is 3. The smallest absolute Gasteiger partial charge is 0.334 e. The minimum absolute atomic E-state index is 0.0261. The zero-order valence-corrected chi connectivity index (χ0v) is 14.9. The SMILES string of the molecule is CCOC(=O)C[C@@H](COC)C(Br)(C(=O)OCC)C(=O)OCC. The van der Waals surface area contributed by atoms with E-state index in [0.29, 0.717) is 0 Å². The molecule has 0 aromatic rings. The third-order valence-electron chi connectivity index (χ3n) is 2.79. The molecule has 8 heteroatoms. The van der Waals surface area contributed by atoms with Crippen molar-refractivity contribution in [3.8, 4) is 0 Å². The summed E-state index contributed by atoms with van der Waals surface area (Å²) in [6, 6.07) is 0. The lowest BCUT2D eigenvalue weighted by Gasteiger charge is -2.30. The Morgan fingerprint density at radius 1 is 0.955 bits per heavy atom. The van der Waals surface area contributed by atoms with Crippen LogP contribution in [0.2, 0.25) is 0 Å². The van der Waals surface area contributed by atoms with Crippen LogP contribution < -0.4 is 0 Å². The number of esters is 3. The molecule has 0 aliphatic heterocycles. The van der Waals surface area contributed by atoms with Gasteiger partial charge in [0.2, 0.25) is 4.32 Å². The van der Waals surface area contributed by atoms with Crippen LogP contribution in [0.5, 0.6) is 0 Å². The van der Waals surface area contributed by atoms with Crippen molar-refractivity contribution in [1.29, 1.82) is 0 Å². The van der Waals surface area contributed by atoms with E-state index in [4.69, 9.17) is 18.9 Å². The molecule has 128 valence electrons. The van der Waals surface area contributed by atoms with E-state index >= 15 is 0 Å². The van der Waals surface area contributed by atoms with E-state index in [-0.39, 0.29) is 32.8 Å². The number of carbonyl (C=O) groups is 3. The van der Waals surface area contributed by atoms with Crippen molar-refractivity contribution in [2.24, 2.45) is 5.92 Å². The quantitative estimate of drug-likeness (QED) is 0.244. The maximum absolute atomic E-state index is 12.3. The van der Waals surface area contributed by atoms with E-state index < -0.39 is 28.2 Å². The highest BCUT2D eigenvalue weighted by Gasteiger charge is 2.54. The Bertz CT molecular complexity index is 365. The fourth-order valence-electron chi connectivity index (χ4n) is 1.83. The number of rotatable bonds is 10. The van der Waals surface area contributed by atoms with Crippen LogP contribution in [0.15, 0.2) is 0 Å². The van der Waals surface area contributed by atoms with Gasteiger partial charge in [-0.2, -0.15) is 0 Å². The molecule has 0 N–H and O–H groups in total. The summed E-state index contributed by atoms with van der Waals surface area (Å²) in [5.74, 6) is -3.00. The molecule has 0 aliphatic carbocycles. The van der Waals surface area contributed by atoms with E-state index in [1.54, 1.807) is 20.8 Å². The van der Waals surface area contributed by atoms with E-state index in [1.165, 1.54) is 7.11 Å². The first kappa shape index (κ1) is 20.9. The van der Waals surface area contributed by atoms with Gasteiger partial charge in [0.15, 0.2) is 0 Å². The maximum atomic E-state index is 12.3. The number of methoxy groups -OCH3 is 1. The predicted molar refractivity (Wildman–Crippen MR) is 81.5 cm³/mol. The molecule has 0 aliphatic rings. The first-order chi connectivity index (χ1) is 10.4. The van der Waals surface area contributed by atoms with Gasteiger partial charge in [0.25, 0.3) is 0 Å². The third kappa shape index (κ3) is 5.57. The van der Waals surface area contributed by atoms with Crippen molar-refractivity contribution in [3.05, 3.63) is 0 Å². The largest absolute Gasteiger partial charge is 0.466 e. The average Bonchev–Trinajstić information content (AvgIpc) is 2.46. The van der Waals surface area contributed by atoms with Crippen LogP contribution >= 0.6 is 15.9 Å². The zero-order valence-electron chi connectivity index (χ0n) is 13.3. The summed E-state index contributed by atoms with van der Waals surface area (Å²) in [4.78, 5) is 36.3. The Kier molecular flexibility index (Phi) is 10.0. The monoisotopic (exact) mass is 382 g/mol. The molecule has 0 unspecified atom stereocenters. The van der Waals surface area contributed by atoms with Gasteiger partial charge in [-0.15, -0.1) is 0 Å². The minimum Gasteiger partial charge on any atom is -0.466 e. The molecule has 7 nitrogen and oxygen atoms in total. The van der Waals surface area contributed by atoms with Crippen molar-refractivity contribution in [1.82, 2.24) is 0 Å². The van der Waals surface area contributed by atoms with E-state index in [0.717, 1.165) is 0 Å². The molecule has 0 bridgehead atoms. The van der Waals surface area contributed by atoms with Gasteiger partial charge in [0.1, 0.15) is 0 Å². The second-order valence-corrected chi connectivity index (χ2v) is 5.56. The molecule has 0 rings (SSSR count). The summed E-state index contributed by atoms with van der Waals surface area (Å²) in [6.45, 7) is 5.26. The van der Waals surface area contributed by atoms with Crippen LogP contribution in [0.3, 0.4) is 0 Å². The molecule has 0 radical (unpaired) electrons. The van der Waals surface area contributed by atoms with Gasteiger partial charge in [-0.1, -0.05) is 15.9 Å². The summed E-state index contributed by atoms with van der Waals surface area (Å²) in [5.41, 5.74) is 0. The topological polar surface area (TPSA) is 88.1 Å². The molecule has 0 spiro atoms. The molecular weight excluding hydrogens is 360 g/mol. The molecule has 0 aromatic carbocycles. The number of halogens is 1. The van der Waals surface area contributed by atoms with Crippen LogP contribution in [0.25, 0.3) is 0 Å². The van der Waals surface area contributed by atoms with Gasteiger partial charge in [-0.05, 0) is 20.8 Å². The lowest BCUT2D eigenvalue weighted by molar-refractivity contribution is -0.162. The van der Waals surface area contributed by atoms with Crippen molar-refractivity contribution in [2.75, 3.05) is 33.5 Å². The summed E-state index contributed by atoms with van der Waals surface area (Å²) in [7, 11) is 1.40. The fraction of sp³-hybridized carbons (Fsp3) is 0.786. The number of ether oxygens (including phenoxy) is 4. The Balaban J connectivity index is 5.48. The predicted octanol–water partition coefficient (Wildman–Crippen LogP) is 1.46. The van der Waals surface area contributed by atoms with Crippen LogP contribution in [0.4, 0.5) is 0 Å². The molecule has 0 saturated heterocycles. The van der Waals surface area contributed by atoms with Gasteiger partial charge >= 0.3 is 17.9 Å². The normalized spacial score (nSPS) is 12.4. The Morgan fingerprint density at radius 3 is 1.77 bits per heavy atom. The fourth-order valence-corrected chi connectivity index (χ4v) is 2.35. The van der Waals surface area contributed by atoms with Crippen LogP contribution in [-0.2, 0) is 33.3 Å². The second kappa shape index (κ2) is 10.6. The molecular formula is C14H23BrO7. The van der Waals surface area contributed by atoms with Gasteiger partial charge in [-0.3, -0.25) is 4.79 Å². The highest BCUT2D eigenvalue weighted by Crippen LogP contribution is 2.34. The molecule has 0 amide bonds. The highest BCUT2D eigenvalue weighted by molar-refractivity contribution is 9.10. The van der Waals surface area contributed by atoms with Gasteiger partial charge in [0, 0.05) is 13.0 Å². The average molecular weight is 383 g/mol. The summed E-state index contributed by atoms with van der Waals surface area (Å²) in [6.07, 6.45) is -0.190. The van der Waals surface area contributed by atoms with Gasteiger partial charge < -0.3 is 18.9 Å². The van der Waals surface area contributed by atoms with Gasteiger partial charge in [-0.25, -0.2) is 9.59 Å². The molecule has 0 saturated carbocycles. The van der Waals surface area contributed by atoms with Crippen molar-refractivity contribution in [2.45, 2.75) is 31.5 Å². The lowest BCUT2D eigenvalue weighted by Crippen LogP contribution is -2.51. The Hall–Kier alpha value is -1.15. The van der Waals surface area contributed by atoms with Crippen molar-refractivity contribution in [3.63, 3.8) is 0 Å². The van der Waals surface area contributed by atoms with Crippen LogP contribution in [-0.4, -0.2) is 55.8 Å². The first-order valence-corrected chi connectivity index (χ1v) is 7.85. The Labute approximate surface area is 138 Å². The lowest BCUT2D eigenvalue weighted by atomic mass is 9.89. The van der Waals surface area contributed by atoms with E-state index in [9.17, 15) is 14.4 Å². The summed E-state index contributed by atoms with van der Waals surface area (Å²) in [5, 5.41) is 0. The van der Waals surface area contributed by atoms with Gasteiger partial charge in [0.05, 0.1) is 32.8 Å². The minimum atomic E-state index is -1.82. The molecule has 0 fully saturated rings. The zero-order chi connectivity index (χ0) is 17.2. The van der Waals surface area contributed by atoms with Crippen LogP contribution in [0, 0.1) is 5.92 Å². The van der Waals surface area contributed by atoms with Crippen molar-refractivity contribution < 1.29 is 33.3 Å². The van der Waals surface area contributed by atoms with Crippen molar-refractivity contribution >= 4 is 33.8 Å². The molecule has 1 atom stereocenters. The third-order valence-corrected chi connectivity index (χ3v) is 4.09.